The summed E-state index contributed by atoms with van der Waals surface area (Å²) >= 11 is 0. The maximum absolute atomic E-state index is 12.7. The monoisotopic (exact) mass is 509 g/mol. The van der Waals surface area contributed by atoms with E-state index >= 15 is 0 Å². The highest BCUT2D eigenvalue weighted by Gasteiger charge is 2.48. The molecule has 1 heterocycles. The molecule has 1 aliphatic heterocycles. The minimum absolute atomic E-state index is 0.0492. The van der Waals surface area contributed by atoms with E-state index < -0.39 is 24.1 Å². The van der Waals surface area contributed by atoms with Gasteiger partial charge in [0.1, 0.15) is 13.2 Å². The zero-order valence-corrected chi connectivity index (χ0v) is 21.3. The van der Waals surface area contributed by atoms with Crippen molar-refractivity contribution in [3.8, 4) is 12.3 Å². The lowest BCUT2D eigenvalue weighted by Gasteiger charge is -2.40. The fraction of sp³-hybridized carbons (Fsp3) is 0.760. The quantitative estimate of drug-likeness (QED) is 0.244. The molecule has 11 heteroatoms. The summed E-state index contributed by atoms with van der Waals surface area (Å²) in [4.78, 5) is 50.9. The number of ether oxygens (including phenoxy) is 3. The Labute approximate surface area is 212 Å². The molecule has 1 saturated heterocycles. The van der Waals surface area contributed by atoms with E-state index in [1.165, 1.54) is 7.11 Å². The minimum Gasteiger partial charge on any atom is -0.480 e. The molecule has 0 radical (unpaired) electrons. The molecule has 2 N–H and O–H groups in total. The molecule has 4 atom stereocenters. The standard InChI is InChI=1S/C25H39N3O8/c1-4-6-8-20-19(7-5-2)21(20)16-36-25(33)26-10-9-22(29)28-12-11-27(14-23(30)31)18(13-28)15-35-24(32)17-34-3/h1,18-21H,5-17H2,2-3H3,(H,26,33)(H,30,31)/t18?,19-,20+,21-/m0/s1. The largest absolute Gasteiger partial charge is 0.480 e. The maximum atomic E-state index is 12.7. The molecule has 0 spiro atoms. The van der Waals surface area contributed by atoms with Gasteiger partial charge >= 0.3 is 18.0 Å². The molecule has 1 aliphatic carbocycles. The summed E-state index contributed by atoms with van der Waals surface area (Å²) in [6, 6.07) is -0.449. The number of esters is 1. The van der Waals surface area contributed by atoms with Crippen LogP contribution in [0, 0.1) is 30.1 Å². The first-order valence-electron chi connectivity index (χ1n) is 12.5. The van der Waals surface area contributed by atoms with Gasteiger partial charge in [-0.1, -0.05) is 19.8 Å². The first-order chi connectivity index (χ1) is 17.3. The summed E-state index contributed by atoms with van der Waals surface area (Å²) < 4.78 is 15.3. The number of piperazine rings is 1. The number of hydrogen-bond acceptors (Lipinski definition) is 8. The van der Waals surface area contributed by atoms with Crippen LogP contribution in [0.3, 0.4) is 0 Å². The van der Waals surface area contributed by atoms with E-state index in [-0.39, 0.29) is 45.2 Å². The van der Waals surface area contributed by atoms with Crippen LogP contribution in [-0.4, -0.2) is 105 Å². The Bertz CT molecular complexity index is 799. The number of methoxy groups -OCH3 is 1. The summed E-state index contributed by atoms with van der Waals surface area (Å²) in [7, 11) is 1.37. The number of carbonyl (C=O) groups is 4. The molecule has 0 bridgehead atoms. The van der Waals surface area contributed by atoms with Gasteiger partial charge in [0.2, 0.25) is 5.91 Å². The van der Waals surface area contributed by atoms with E-state index in [0.717, 1.165) is 25.7 Å². The van der Waals surface area contributed by atoms with Crippen molar-refractivity contribution in [1.29, 1.82) is 0 Å². The Morgan fingerprint density at radius 1 is 1.08 bits per heavy atom. The van der Waals surface area contributed by atoms with Gasteiger partial charge < -0.3 is 29.5 Å². The molecule has 2 amide bonds. The Kier molecular flexibility index (Phi) is 12.5. The van der Waals surface area contributed by atoms with E-state index in [1.54, 1.807) is 9.80 Å². The van der Waals surface area contributed by atoms with Crippen molar-refractivity contribution in [3.63, 3.8) is 0 Å². The van der Waals surface area contributed by atoms with Crippen molar-refractivity contribution in [2.24, 2.45) is 17.8 Å². The fourth-order valence-corrected chi connectivity index (χ4v) is 4.87. The van der Waals surface area contributed by atoms with Gasteiger partial charge in [-0.3, -0.25) is 14.5 Å². The van der Waals surface area contributed by atoms with Gasteiger partial charge in [0.15, 0.2) is 0 Å². The van der Waals surface area contributed by atoms with E-state index in [2.05, 4.69) is 18.2 Å². The summed E-state index contributed by atoms with van der Waals surface area (Å²) in [5.41, 5.74) is 0. The van der Waals surface area contributed by atoms with Gasteiger partial charge in [-0.15, -0.1) is 12.3 Å². The molecule has 202 valence electrons. The van der Waals surface area contributed by atoms with Crippen molar-refractivity contribution in [1.82, 2.24) is 15.1 Å². The van der Waals surface area contributed by atoms with Crippen molar-refractivity contribution in [2.45, 2.75) is 45.1 Å². The topological polar surface area (TPSA) is 135 Å². The number of nitrogens with zero attached hydrogens (tertiary/aromatic N) is 2. The smallest absolute Gasteiger partial charge is 0.407 e. The molecule has 0 aromatic heterocycles. The van der Waals surface area contributed by atoms with Crippen LogP contribution < -0.4 is 5.32 Å². The first-order valence-corrected chi connectivity index (χ1v) is 12.5. The third kappa shape index (κ3) is 9.66. The van der Waals surface area contributed by atoms with E-state index in [0.29, 0.717) is 37.5 Å². The number of aliphatic carboxylic acids is 1. The predicted octanol–water partition coefficient (Wildman–Crippen LogP) is 0.965. The third-order valence-corrected chi connectivity index (χ3v) is 6.76. The van der Waals surface area contributed by atoms with Gasteiger partial charge in [-0.25, -0.2) is 9.59 Å². The average Bonchev–Trinajstić information content (AvgIpc) is 3.51. The number of amides is 2. The Balaban J connectivity index is 1.73. The molecule has 2 fully saturated rings. The summed E-state index contributed by atoms with van der Waals surface area (Å²) in [6.07, 6.45) is 8.78. The first kappa shape index (κ1) is 29.4. The molecule has 0 aromatic carbocycles. The lowest BCUT2D eigenvalue weighted by molar-refractivity contribution is -0.152. The summed E-state index contributed by atoms with van der Waals surface area (Å²) in [5.74, 6) is 2.34. The highest BCUT2D eigenvalue weighted by atomic mass is 16.6. The van der Waals surface area contributed by atoms with Crippen LogP contribution in [0.4, 0.5) is 4.79 Å². The number of carboxylic acid groups (broad SMARTS) is 1. The molecule has 2 aliphatic rings. The van der Waals surface area contributed by atoms with Crippen LogP contribution in [0.25, 0.3) is 0 Å². The average molecular weight is 510 g/mol. The van der Waals surface area contributed by atoms with Crippen LogP contribution in [0.15, 0.2) is 0 Å². The van der Waals surface area contributed by atoms with Crippen LogP contribution >= 0.6 is 0 Å². The van der Waals surface area contributed by atoms with Crippen molar-refractivity contribution >= 4 is 23.9 Å². The Morgan fingerprint density at radius 2 is 1.83 bits per heavy atom. The number of rotatable bonds is 15. The third-order valence-electron chi connectivity index (χ3n) is 6.76. The number of alkyl carbamates (subject to hydrolysis) is 1. The van der Waals surface area contributed by atoms with Crippen molar-refractivity contribution < 1.29 is 38.5 Å². The van der Waals surface area contributed by atoms with Gasteiger partial charge in [0.25, 0.3) is 0 Å². The highest BCUT2D eigenvalue weighted by molar-refractivity contribution is 5.77. The lowest BCUT2D eigenvalue weighted by Crippen LogP contribution is -2.57. The van der Waals surface area contributed by atoms with Crippen LogP contribution in [-0.2, 0) is 28.6 Å². The second-order valence-corrected chi connectivity index (χ2v) is 9.27. The van der Waals surface area contributed by atoms with E-state index in [1.807, 2.05) is 0 Å². The van der Waals surface area contributed by atoms with Crippen LogP contribution in [0.1, 0.15) is 39.0 Å². The minimum atomic E-state index is -1.000. The predicted molar refractivity (Wildman–Crippen MR) is 130 cm³/mol. The SMILES string of the molecule is C#CCC[C@@H]1[C@H](CCC)[C@@H]1COC(=O)NCCC(=O)N1CCN(CC(=O)O)C(COC(=O)COC)C1. The molecule has 36 heavy (non-hydrogen) atoms. The Hall–Kier alpha value is -2.84. The number of nitrogens with one attached hydrogen (secondary N) is 1. The molecular weight excluding hydrogens is 470 g/mol. The van der Waals surface area contributed by atoms with Gasteiger partial charge in [-0.05, 0) is 24.2 Å². The number of terminal acetylenes is 1. The summed E-state index contributed by atoms with van der Waals surface area (Å²) in [5, 5.41) is 11.8. The fourth-order valence-electron chi connectivity index (χ4n) is 4.87. The summed E-state index contributed by atoms with van der Waals surface area (Å²) in [6.45, 7) is 3.05. The van der Waals surface area contributed by atoms with Crippen LogP contribution in [0.5, 0.6) is 0 Å². The molecule has 1 unspecified atom stereocenters. The Morgan fingerprint density at radius 3 is 2.50 bits per heavy atom. The lowest BCUT2D eigenvalue weighted by atomic mass is 10.1. The zero-order valence-electron chi connectivity index (χ0n) is 21.3. The van der Waals surface area contributed by atoms with E-state index in [4.69, 9.17) is 25.7 Å². The highest BCUT2D eigenvalue weighted by Crippen LogP contribution is 2.51. The second-order valence-electron chi connectivity index (χ2n) is 9.27. The van der Waals surface area contributed by atoms with Gasteiger partial charge in [-0.2, -0.15) is 0 Å². The second kappa shape index (κ2) is 15.3. The van der Waals surface area contributed by atoms with Gasteiger partial charge in [0, 0.05) is 46.1 Å². The molecule has 0 aromatic rings. The molecular formula is C25H39N3O8. The molecule has 2 rings (SSSR count). The number of hydrogen-bond donors (Lipinski definition) is 2. The number of carboxylic acids is 1. The van der Waals surface area contributed by atoms with Crippen molar-refractivity contribution in [2.75, 3.05) is 59.7 Å². The normalized spacial score (nSPS) is 23.4. The van der Waals surface area contributed by atoms with Crippen molar-refractivity contribution in [3.05, 3.63) is 0 Å². The number of carbonyl (C=O) groups excluding carboxylic acids is 3. The van der Waals surface area contributed by atoms with E-state index in [9.17, 15) is 19.2 Å². The zero-order chi connectivity index (χ0) is 26.5. The van der Waals surface area contributed by atoms with Gasteiger partial charge in [0.05, 0.1) is 19.2 Å². The maximum Gasteiger partial charge on any atom is 0.407 e. The van der Waals surface area contributed by atoms with Crippen LogP contribution in [0.2, 0.25) is 0 Å². The molecule has 11 nitrogen and oxygen atoms in total. The molecule has 1 saturated carbocycles.